The van der Waals surface area contributed by atoms with Gasteiger partial charge in [0.2, 0.25) is 4.93 Å². The van der Waals surface area contributed by atoms with Crippen LogP contribution < -0.4 is 9.47 Å². The van der Waals surface area contributed by atoms with E-state index in [-0.39, 0.29) is 17.9 Å². The molecule has 1 aromatic carbocycles. The van der Waals surface area contributed by atoms with E-state index in [9.17, 15) is 46.6 Å². The molecule has 1 aromatic rings. The summed E-state index contributed by atoms with van der Waals surface area (Å²) in [7, 11) is -22.7. The normalized spacial score (nSPS) is 19.7. The van der Waals surface area contributed by atoms with Gasteiger partial charge in [-0.3, -0.25) is 4.55 Å². The Morgan fingerprint density at radius 1 is 0.822 bits per heavy atom. The third kappa shape index (κ3) is 10.1. The van der Waals surface area contributed by atoms with Crippen molar-refractivity contribution in [2.45, 2.75) is 91.9 Å². The molecule has 1 N–H and O–H groups in total. The lowest BCUT2D eigenvalue weighted by atomic mass is 9.96. The number of allylic oxidation sites excluding steroid dienone is 1. The number of sulfone groups is 4. The first-order valence-electron chi connectivity index (χ1n) is 14.1. The molecule has 3 unspecified atom stereocenters. The first-order chi connectivity index (χ1) is 20.1. The van der Waals surface area contributed by atoms with Gasteiger partial charge in [0, 0.05) is 37.0 Å². The van der Waals surface area contributed by atoms with Crippen LogP contribution in [-0.4, -0.2) is 88.5 Å². The molecule has 0 fully saturated rings. The van der Waals surface area contributed by atoms with Crippen LogP contribution in [0.3, 0.4) is 0 Å². The second kappa shape index (κ2) is 13.8. The lowest BCUT2D eigenvalue weighted by Crippen LogP contribution is -2.45. The molecule has 0 saturated carbocycles. The van der Waals surface area contributed by atoms with E-state index in [0.29, 0.717) is 31.1 Å². The molecule has 1 heterocycles. The summed E-state index contributed by atoms with van der Waals surface area (Å²) in [6, 6.07) is 0. The Bertz CT molecular complexity index is 1860. The van der Waals surface area contributed by atoms with E-state index in [4.69, 9.17) is 9.47 Å². The van der Waals surface area contributed by atoms with Crippen molar-refractivity contribution in [1.29, 1.82) is 0 Å². The van der Waals surface area contributed by atoms with Crippen LogP contribution in [-0.2, 0) is 55.9 Å². The van der Waals surface area contributed by atoms with E-state index in [1.807, 2.05) is 6.92 Å². The minimum atomic E-state index is -4.70. The molecule has 260 valence electrons. The minimum absolute atomic E-state index is 0.178. The van der Waals surface area contributed by atoms with Gasteiger partial charge in [-0.25, -0.2) is 33.7 Å². The minimum Gasteiger partial charge on any atom is -0.487 e. The highest BCUT2D eigenvalue weighted by atomic mass is 32.2. The predicted molar refractivity (Wildman–Crippen MR) is 170 cm³/mol. The van der Waals surface area contributed by atoms with Crippen LogP contribution in [0.1, 0.15) is 65.4 Å². The summed E-state index contributed by atoms with van der Waals surface area (Å²) in [6.45, 7) is 7.33. The number of rotatable bonds is 15. The van der Waals surface area contributed by atoms with E-state index < -0.39 is 98.9 Å². The van der Waals surface area contributed by atoms with Crippen molar-refractivity contribution in [3.8, 4) is 11.5 Å². The topological polar surface area (TPSA) is 209 Å². The van der Waals surface area contributed by atoms with Crippen LogP contribution in [0.4, 0.5) is 0 Å². The van der Waals surface area contributed by atoms with E-state index >= 15 is 0 Å². The van der Waals surface area contributed by atoms with E-state index in [2.05, 4.69) is 13.8 Å². The molecule has 13 nitrogen and oxygen atoms in total. The number of hydrogen-bond donors (Lipinski definition) is 1. The Balaban J connectivity index is 2.94. The van der Waals surface area contributed by atoms with Crippen molar-refractivity contribution in [3.63, 3.8) is 0 Å². The largest absolute Gasteiger partial charge is 0.487 e. The van der Waals surface area contributed by atoms with E-state index in [1.54, 1.807) is 6.08 Å². The van der Waals surface area contributed by atoms with Crippen molar-refractivity contribution in [3.05, 3.63) is 17.7 Å². The van der Waals surface area contributed by atoms with Gasteiger partial charge in [0.05, 0.1) is 0 Å². The molecule has 0 aliphatic carbocycles. The van der Waals surface area contributed by atoms with Crippen molar-refractivity contribution in [2.75, 3.05) is 30.8 Å². The molecule has 0 saturated heterocycles. The standard InChI is InChI=1S/C27H44O13S5/c1-18(2)11-9-12-19(3)13-10-15-27(44(8,34)35)16-14-21-22(40-27)25(42(6,30)31)26(43(7,32)33)23(24(21)41(5,28)29)39-20(4)17-45(36,37)38/h10,15,18-20H,9,11-14,16-17H2,1-8H3,(H,36,37,38)/b15-10+. The van der Waals surface area contributed by atoms with Crippen molar-refractivity contribution in [1.82, 2.24) is 0 Å². The zero-order chi connectivity index (χ0) is 35.0. The van der Waals surface area contributed by atoms with Crippen LogP contribution in [0.2, 0.25) is 0 Å². The van der Waals surface area contributed by atoms with E-state index in [1.165, 1.54) is 6.08 Å². The number of fused-ring (bicyclic) bond motifs is 1. The SMILES string of the molecule is CC(C)CCCC(C)C/C=C/C1(S(C)(=O)=O)CCc2c(c(S(C)(=O)=O)c(S(C)(=O)=O)c(OC(C)CS(=O)(=O)O)c2S(C)(=O)=O)O1. The highest BCUT2D eigenvalue weighted by Gasteiger charge is 2.49. The first kappa shape index (κ1) is 39.4. The Kier molecular flexibility index (Phi) is 12.1. The summed E-state index contributed by atoms with van der Waals surface area (Å²) in [5.41, 5.74) is -0.339. The molecular weight excluding hydrogens is 693 g/mol. The second-order valence-corrected chi connectivity index (χ2v) is 22.0. The molecular formula is C27H44O13S5. The van der Waals surface area contributed by atoms with Crippen molar-refractivity contribution < 1.29 is 56.1 Å². The molecule has 0 bridgehead atoms. The molecule has 1 aliphatic rings. The Labute approximate surface area is 268 Å². The molecule has 45 heavy (non-hydrogen) atoms. The van der Waals surface area contributed by atoms with Crippen LogP contribution in [0.15, 0.2) is 26.8 Å². The smallest absolute Gasteiger partial charge is 0.268 e. The van der Waals surface area contributed by atoms with Crippen LogP contribution in [0.25, 0.3) is 0 Å². The third-order valence-corrected chi connectivity index (χ3v) is 13.4. The molecule has 0 radical (unpaired) electrons. The zero-order valence-electron chi connectivity index (χ0n) is 26.7. The van der Waals surface area contributed by atoms with Gasteiger partial charge in [-0.2, -0.15) is 8.42 Å². The lowest BCUT2D eigenvalue weighted by Gasteiger charge is -2.37. The van der Waals surface area contributed by atoms with Crippen molar-refractivity contribution in [2.24, 2.45) is 11.8 Å². The molecule has 1 aliphatic heterocycles. The summed E-state index contributed by atoms with van der Waals surface area (Å²) in [5.74, 6) is -2.10. The summed E-state index contributed by atoms with van der Waals surface area (Å²) >= 11 is 0. The fourth-order valence-corrected chi connectivity index (χ4v) is 10.9. The average molecular weight is 737 g/mol. The highest BCUT2D eigenvalue weighted by Crippen LogP contribution is 2.51. The predicted octanol–water partition coefficient (Wildman–Crippen LogP) is 3.03. The van der Waals surface area contributed by atoms with E-state index in [0.717, 1.165) is 32.4 Å². The second-order valence-electron chi connectivity index (χ2n) is 12.4. The molecule has 0 spiro atoms. The van der Waals surface area contributed by atoms with Gasteiger partial charge in [0.1, 0.15) is 32.3 Å². The van der Waals surface area contributed by atoms with Crippen LogP contribution >= 0.6 is 0 Å². The number of ether oxygens (including phenoxy) is 2. The quantitative estimate of drug-likeness (QED) is 0.203. The van der Waals surface area contributed by atoms with Gasteiger partial charge >= 0.3 is 0 Å². The third-order valence-electron chi connectivity index (χ3n) is 7.26. The molecule has 18 heteroatoms. The van der Waals surface area contributed by atoms with Gasteiger partial charge in [-0.1, -0.05) is 46.1 Å². The molecule has 3 atom stereocenters. The summed E-state index contributed by atoms with van der Waals surface area (Å²) in [5, 5.41) is 0. The Hall–Kier alpha value is -1.73. The summed E-state index contributed by atoms with van der Waals surface area (Å²) < 4.78 is 150. The van der Waals surface area contributed by atoms with Gasteiger partial charge in [-0.05, 0) is 37.7 Å². The summed E-state index contributed by atoms with van der Waals surface area (Å²) in [4.78, 5) is -5.12. The van der Waals surface area contributed by atoms with Gasteiger partial charge in [0.15, 0.2) is 45.1 Å². The first-order valence-corrected chi connectivity index (χ1v) is 23.3. The average Bonchev–Trinajstić information content (AvgIpc) is 2.78. The van der Waals surface area contributed by atoms with Crippen LogP contribution in [0, 0.1) is 11.8 Å². The maximum Gasteiger partial charge on any atom is 0.268 e. The zero-order valence-corrected chi connectivity index (χ0v) is 30.8. The maximum atomic E-state index is 13.3. The fourth-order valence-electron chi connectivity index (χ4n) is 5.22. The molecule has 2 rings (SSSR count). The maximum absolute atomic E-state index is 13.3. The molecule has 0 amide bonds. The number of hydrogen-bond acceptors (Lipinski definition) is 12. The lowest BCUT2D eigenvalue weighted by molar-refractivity contribution is 0.161. The monoisotopic (exact) mass is 736 g/mol. The van der Waals surface area contributed by atoms with Gasteiger partial charge < -0.3 is 9.47 Å². The highest BCUT2D eigenvalue weighted by molar-refractivity contribution is 7.94. The number of benzene rings is 1. The molecule has 0 aromatic heterocycles. The fraction of sp³-hybridized carbons (Fsp3) is 0.704. The Morgan fingerprint density at radius 2 is 1.36 bits per heavy atom. The van der Waals surface area contributed by atoms with Gasteiger partial charge in [-0.15, -0.1) is 0 Å². The van der Waals surface area contributed by atoms with Gasteiger partial charge in [0.25, 0.3) is 10.1 Å². The van der Waals surface area contributed by atoms with Crippen molar-refractivity contribution >= 4 is 49.5 Å². The van der Waals surface area contributed by atoms with Crippen LogP contribution in [0.5, 0.6) is 11.5 Å². The Morgan fingerprint density at radius 3 is 1.80 bits per heavy atom. The summed E-state index contributed by atoms with van der Waals surface area (Å²) in [6.07, 6.45) is 6.74.